The molecule has 20 heavy (non-hydrogen) atoms. The molecule has 4 N–H and O–H groups in total. The van der Waals surface area contributed by atoms with E-state index in [2.05, 4.69) is 5.10 Å². The number of hydrogen-bond donors (Lipinski definition) is 2. The summed E-state index contributed by atoms with van der Waals surface area (Å²) in [6.07, 6.45) is 4.64. The molecule has 5 nitrogen and oxygen atoms in total. The van der Waals surface area contributed by atoms with Gasteiger partial charge in [0.2, 0.25) is 0 Å². The van der Waals surface area contributed by atoms with Gasteiger partial charge in [0.05, 0.1) is 17.4 Å². The van der Waals surface area contributed by atoms with Crippen molar-refractivity contribution in [3.05, 3.63) is 46.7 Å². The molecule has 1 aromatic carbocycles. The summed E-state index contributed by atoms with van der Waals surface area (Å²) in [4.78, 5) is 11.0. The number of nitrogens with zero attached hydrogens (tertiary/aromatic N) is 2. The van der Waals surface area contributed by atoms with Crippen LogP contribution in [0, 0.1) is 0 Å². The number of hydrogen-bond acceptors (Lipinski definition) is 3. The summed E-state index contributed by atoms with van der Waals surface area (Å²) < 4.78 is 1.56. The summed E-state index contributed by atoms with van der Waals surface area (Å²) in [5.74, 6) is -0.507. The predicted octanol–water partition coefficient (Wildman–Crippen LogP) is 1.90. The molecule has 6 heteroatoms. The number of benzene rings is 1. The second-order valence-electron chi connectivity index (χ2n) is 4.69. The molecule has 2 aromatic rings. The van der Waals surface area contributed by atoms with E-state index in [1.807, 2.05) is 19.1 Å². The Kier molecular flexibility index (Phi) is 4.42. The summed E-state index contributed by atoms with van der Waals surface area (Å²) in [5, 5.41) is 4.73. The molecule has 0 aliphatic heterocycles. The third-order valence-corrected chi connectivity index (χ3v) is 3.53. The zero-order valence-electron chi connectivity index (χ0n) is 11.2. The van der Waals surface area contributed by atoms with Crippen molar-refractivity contribution in [3.8, 4) is 5.69 Å². The topological polar surface area (TPSA) is 86.9 Å². The Labute approximate surface area is 122 Å². The molecule has 1 amide bonds. The SMILES string of the molecule is CCC(N)Cc1ccc(-n2cc(C(N)=O)cn2)cc1Cl. The molecular formula is C14H17ClN4O. The summed E-state index contributed by atoms with van der Waals surface area (Å²) in [6, 6.07) is 5.72. The average Bonchev–Trinajstić information content (AvgIpc) is 2.90. The quantitative estimate of drug-likeness (QED) is 0.882. The third-order valence-electron chi connectivity index (χ3n) is 3.17. The minimum atomic E-state index is -0.507. The molecule has 1 atom stereocenters. The number of halogens is 1. The van der Waals surface area contributed by atoms with E-state index in [-0.39, 0.29) is 6.04 Å². The lowest BCUT2D eigenvalue weighted by atomic mass is 10.0. The van der Waals surface area contributed by atoms with Gasteiger partial charge in [-0.05, 0) is 30.5 Å². The Morgan fingerprint density at radius 1 is 1.50 bits per heavy atom. The van der Waals surface area contributed by atoms with E-state index in [4.69, 9.17) is 23.1 Å². The maximum Gasteiger partial charge on any atom is 0.251 e. The molecule has 1 heterocycles. The summed E-state index contributed by atoms with van der Waals surface area (Å²) in [6.45, 7) is 2.04. The normalized spacial score (nSPS) is 12.3. The van der Waals surface area contributed by atoms with Gasteiger partial charge in [0.25, 0.3) is 5.91 Å². The van der Waals surface area contributed by atoms with Gasteiger partial charge in [0.1, 0.15) is 0 Å². The number of nitrogens with two attached hydrogens (primary N) is 2. The minimum absolute atomic E-state index is 0.101. The van der Waals surface area contributed by atoms with Crippen LogP contribution >= 0.6 is 11.6 Å². The number of aromatic nitrogens is 2. The van der Waals surface area contributed by atoms with Crippen molar-refractivity contribution in [2.24, 2.45) is 11.5 Å². The monoisotopic (exact) mass is 292 g/mol. The van der Waals surface area contributed by atoms with E-state index >= 15 is 0 Å². The molecule has 106 valence electrons. The highest BCUT2D eigenvalue weighted by Gasteiger charge is 2.09. The largest absolute Gasteiger partial charge is 0.366 e. The molecule has 0 bridgehead atoms. The lowest BCUT2D eigenvalue weighted by molar-refractivity contribution is 0.100. The maximum atomic E-state index is 11.0. The molecule has 0 saturated heterocycles. The van der Waals surface area contributed by atoms with Gasteiger partial charge in [-0.15, -0.1) is 0 Å². The number of primary amides is 1. The first-order chi connectivity index (χ1) is 9.51. The molecule has 0 fully saturated rings. The van der Waals surface area contributed by atoms with Crippen LogP contribution in [0.1, 0.15) is 29.3 Å². The van der Waals surface area contributed by atoms with Crippen LogP contribution in [0.3, 0.4) is 0 Å². The van der Waals surface area contributed by atoms with Gasteiger partial charge < -0.3 is 11.5 Å². The van der Waals surface area contributed by atoms with E-state index in [0.29, 0.717) is 10.6 Å². The highest BCUT2D eigenvalue weighted by Crippen LogP contribution is 2.21. The van der Waals surface area contributed by atoms with Gasteiger partial charge in [-0.25, -0.2) is 4.68 Å². The van der Waals surface area contributed by atoms with Gasteiger partial charge in [-0.2, -0.15) is 5.10 Å². The van der Waals surface area contributed by atoms with Crippen molar-refractivity contribution in [2.45, 2.75) is 25.8 Å². The van der Waals surface area contributed by atoms with E-state index in [1.54, 1.807) is 16.9 Å². The first-order valence-corrected chi connectivity index (χ1v) is 6.78. The zero-order chi connectivity index (χ0) is 14.7. The van der Waals surface area contributed by atoms with Crippen molar-refractivity contribution in [1.82, 2.24) is 9.78 Å². The van der Waals surface area contributed by atoms with Gasteiger partial charge >= 0.3 is 0 Å². The van der Waals surface area contributed by atoms with Crippen LogP contribution in [0.4, 0.5) is 0 Å². The second-order valence-corrected chi connectivity index (χ2v) is 5.09. The highest BCUT2D eigenvalue weighted by molar-refractivity contribution is 6.31. The van der Waals surface area contributed by atoms with Crippen LogP contribution in [-0.2, 0) is 6.42 Å². The van der Waals surface area contributed by atoms with Crippen LogP contribution in [0.5, 0.6) is 0 Å². The molecule has 0 spiro atoms. The smallest absolute Gasteiger partial charge is 0.251 e. The van der Waals surface area contributed by atoms with Crippen molar-refractivity contribution in [1.29, 1.82) is 0 Å². The van der Waals surface area contributed by atoms with Crippen molar-refractivity contribution in [2.75, 3.05) is 0 Å². The van der Waals surface area contributed by atoms with Crippen LogP contribution in [0.15, 0.2) is 30.6 Å². The van der Waals surface area contributed by atoms with Crippen LogP contribution < -0.4 is 11.5 Å². The Morgan fingerprint density at radius 2 is 2.25 bits per heavy atom. The van der Waals surface area contributed by atoms with Crippen molar-refractivity contribution in [3.63, 3.8) is 0 Å². The third kappa shape index (κ3) is 3.18. The second kappa shape index (κ2) is 6.07. The first-order valence-electron chi connectivity index (χ1n) is 6.40. The Hall–Kier alpha value is -1.85. The lowest BCUT2D eigenvalue weighted by Crippen LogP contribution is -2.21. The van der Waals surface area contributed by atoms with E-state index in [9.17, 15) is 4.79 Å². The first kappa shape index (κ1) is 14.6. The Morgan fingerprint density at radius 3 is 2.80 bits per heavy atom. The van der Waals surface area contributed by atoms with Gasteiger partial charge in [0.15, 0.2) is 0 Å². The van der Waals surface area contributed by atoms with Crippen molar-refractivity contribution < 1.29 is 4.79 Å². The molecule has 0 aliphatic carbocycles. The summed E-state index contributed by atoms with van der Waals surface area (Å²) in [7, 11) is 0. The number of rotatable bonds is 5. The van der Waals surface area contributed by atoms with Crippen LogP contribution in [-0.4, -0.2) is 21.7 Å². The van der Waals surface area contributed by atoms with E-state index in [0.717, 1.165) is 24.1 Å². The summed E-state index contributed by atoms with van der Waals surface area (Å²) >= 11 is 6.26. The Balaban J connectivity index is 2.25. The molecule has 0 aliphatic rings. The number of carbonyl (C=O) groups is 1. The highest BCUT2D eigenvalue weighted by atomic mass is 35.5. The number of carbonyl (C=O) groups excluding carboxylic acids is 1. The average molecular weight is 293 g/mol. The lowest BCUT2D eigenvalue weighted by Gasteiger charge is -2.11. The van der Waals surface area contributed by atoms with Gasteiger partial charge in [0, 0.05) is 17.3 Å². The molecule has 2 rings (SSSR count). The molecule has 0 saturated carbocycles. The zero-order valence-corrected chi connectivity index (χ0v) is 12.0. The fraction of sp³-hybridized carbons (Fsp3) is 0.286. The Bertz CT molecular complexity index is 623. The molecule has 0 radical (unpaired) electrons. The fourth-order valence-corrected chi connectivity index (χ4v) is 2.11. The molecular weight excluding hydrogens is 276 g/mol. The van der Waals surface area contributed by atoms with Gasteiger partial charge in [-0.3, -0.25) is 4.79 Å². The van der Waals surface area contributed by atoms with Crippen LogP contribution in [0.25, 0.3) is 5.69 Å². The minimum Gasteiger partial charge on any atom is -0.366 e. The van der Waals surface area contributed by atoms with Gasteiger partial charge in [-0.1, -0.05) is 24.6 Å². The van der Waals surface area contributed by atoms with E-state index < -0.39 is 5.91 Å². The van der Waals surface area contributed by atoms with Crippen molar-refractivity contribution >= 4 is 17.5 Å². The fourth-order valence-electron chi connectivity index (χ4n) is 1.86. The maximum absolute atomic E-state index is 11.0. The summed E-state index contributed by atoms with van der Waals surface area (Å²) in [5.41, 5.74) is 13.3. The predicted molar refractivity (Wildman–Crippen MR) is 79.1 cm³/mol. The van der Waals surface area contributed by atoms with Crippen LogP contribution in [0.2, 0.25) is 5.02 Å². The number of amides is 1. The molecule has 1 aromatic heterocycles. The molecule has 1 unspecified atom stereocenters. The standard InChI is InChI=1S/C14H17ClN4O/c1-2-11(16)5-9-3-4-12(6-13(9)15)19-8-10(7-18-19)14(17)20/h3-4,6-8,11H,2,5,16H2,1H3,(H2,17,20). The van der Waals surface area contributed by atoms with E-state index in [1.165, 1.54) is 6.20 Å².